The van der Waals surface area contributed by atoms with Crippen LogP contribution in [0, 0.1) is 13.8 Å². The van der Waals surface area contributed by atoms with Crippen LogP contribution in [-0.4, -0.2) is 24.0 Å². The normalized spacial score (nSPS) is 12.3. The van der Waals surface area contributed by atoms with E-state index in [0.29, 0.717) is 27.4 Å². The zero-order valence-corrected chi connectivity index (χ0v) is 20.3. The fourth-order valence-electron chi connectivity index (χ4n) is 4.08. The highest BCUT2D eigenvalue weighted by molar-refractivity contribution is 6.29. The van der Waals surface area contributed by atoms with Crippen LogP contribution >= 0.6 is 11.6 Å². The maximum absolute atomic E-state index is 13.3. The first-order valence-corrected chi connectivity index (χ1v) is 11.3. The highest BCUT2D eigenvalue weighted by Gasteiger charge is 2.19. The number of anilines is 1. The molecule has 0 aliphatic carbocycles. The molecular formula is C27H28ClN3O2. The molecule has 0 amide bonds. The number of aryl methyl sites for hydroxylation is 1. The van der Waals surface area contributed by atoms with Crippen LogP contribution in [0.5, 0.6) is 0 Å². The molecule has 4 aromatic rings. The van der Waals surface area contributed by atoms with Gasteiger partial charge in [-0.15, -0.1) is 0 Å². The van der Waals surface area contributed by atoms with Crippen molar-refractivity contribution >= 4 is 28.3 Å². The van der Waals surface area contributed by atoms with E-state index in [-0.39, 0.29) is 11.5 Å². The quantitative estimate of drug-likeness (QED) is 0.338. The summed E-state index contributed by atoms with van der Waals surface area (Å²) in [6, 6.07) is 15.7. The van der Waals surface area contributed by atoms with Crippen LogP contribution in [-0.2, 0) is 6.54 Å². The van der Waals surface area contributed by atoms with Crippen molar-refractivity contribution in [3.8, 4) is 11.3 Å². The van der Waals surface area contributed by atoms with Crippen LogP contribution in [0.25, 0.3) is 22.3 Å². The summed E-state index contributed by atoms with van der Waals surface area (Å²) >= 11 is 5.92. The molecule has 0 spiro atoms. The van der Waals surface area contributed by atoms with Gasteiger partial charge < -0.3 is 14.6 Å². The third-order valence-corrected chi connectivity index (χ3v) is 5.91. The molecule has 1 atom stereocenters. The molecule has 2 aromatic heterocycles. The van der Waals surface area contributed by atoms with Crippen molar-refractivity contribution in [3.05, 3.63) is 92.4 Å². The molecule has 0 saturated carbocycles. The summed E-state index contributed by atoms with van der Waals surface area (Å²) in [6.45, 7) is 6.72. The molecular weight excluding hydrogens is 434 g/mol. The Bertz CT molecular complexity index is 1340. The number of hydrogen-bond donors (Lipinski definition) is 1. The van der Waals surface area contributed by atoms with E-state index in [1.807, 2.05) is 59.1 Å². The average molecular weight is 462 g/mol. The van der Waals surface area contributed by atoms with Gasteiger partial charge in [0.25, 0.3) is 0 Å². The van der Waals surface area contributed by atoms with Crippen molar-refractivity contribution in [3.63, 3.8) is 0 Å². The van der Waals surface area contributed by atoms with E-state index < -0.39 is 0 Å². The smallest absolute Gasteiger partial charge is 0.196 e. The number of nitrogens with zero attached hydrogens (tertiary/aromatic N) is 2. The van der Waals surface area contributed by atoms with Crippen LogP contribution in [0.15, 0.2) is 63.9 Å². The SMILES string of the molecule is Cc1cc([C@@H](C)Nc2ccc(Cl)nc2)c2oc(-c3ccc(CN(C)C)cc3)c(C)c(=O)c2c1. The number of nitrogens with one attached hydrogen (secondary N) is 1. The van der Waals surface area contributed by atoms with Gasteiger partial charge in [0.2, 0.25) is 0 Å². The third kappa shape index (κ3) is 4.95. The zero-order chi connectivity index (χ0) is 23.7. The van der Waals surface area contributed by atoms with E-state index in [4.69, 9.17) is 16.0 Å². The molecule has 170 valence electrons. The van der Waals surface area contributed by atoms with Gasteiger partial charge in [0, 0.05) is 23.2 Å². The molecule has 0 aliphatic heterocycles. The van der Waals surface area contributed by atoms with Gasteiger partial charge in [-0.3, -0.25) is 4.79 Å². The predicted molar refractivity (Wildman–Crippen MR) is 136 cm³/mol. The van der Waals surface area contributed by atoms with Gasteiger partial charge in [-0.1, -0.05) is 41.9 Å². The van der Waals surface area contributed by atoms with E-state index in [2.05, 4.69) is 33.4 Å². The standard InChI is InChI=1S/C27H28ClN3O2/c1-16-12-22(18(3)30-21-10-11-24(28)29-14-21)27-23(13-16)25(32)17(2)26(33-27)20-8-6-19(7-9-20)15-31(4)5/h6-14,18,30H,15H2,1-5H3/t18-/m1/s1. The molecule has 2 heterocycles. The highest BCUT2D eigenvalue weighted by Crippen LogP contribution is 2.32. The maximum Gasteiger partial charge on any atom is 0.196 e. The Hall–Kier alpha value is -3.15. The summed E-state index contributed by atoms with van der Waals surface area (Å²) in [4.78, 5) is 19.6. The Morgan fingerprint density at radius 3 is 2.45 bits per heavy atom. The summed E-state index contributed by atoms with van der Waals surface area (Å²) in [5.41, 5.74) is 6.07. The summed E-state index contributed by atoms with van der Waals surface area (Å²) in [6.07, 6.45) is 1.69. The molecule has 33 heavy (non-hydrogen) atoms. The lowest BCUT2D eigenvalue weighted by Gasteiger charge is -2.19. The van der Waals surface area contributed by atoms with E-state index in [1.165, 1.54) is 5.56 Å². The summed E-state index contributed by atoms with van der Waals surface area (Å²) in [7, 11) is 4.08. The van der Waals surface area contributed by atoms with Gasteiger partial charge in [-0.25, -0.2) is 4.98 Å². The topological polar surface area (TPSA) is 58.4 Å². The van der Waals surface area contributed by atoms with Crippen molar-refractivity contribution in [1.29, 1.82) is 0 Å². The van der Waals surface area contributed by atoms with E-state index in [1.54, 1.807) is 12.3 Å². The van der Waals surface area contributed by atoms with Gasteiger partial charge in [0.05, 0.1) is 23.3 Å². The first kappa shape index (κ1) is 23.0. The van der Waals surface area contributed by atoms with Crippen molar-refractivity contribution < 1.29 is 4.42 Å². The van der Waals surface area contributed by atoms with Crippen LogP contribution in [0.4, 0.5) is 5.69 Å². The van der Waals surface area contributed by atoms with Crippen molar-refractivity contribution in [2.75, 3.05) is 19.4 Å². The molecule has 0 saturated heterocycles. The Labute approximate surface area is 199 Å². The monoisotopic (exact) mass is 461 g/mol. The second-order valence-electron chi connectivity index (χ2n) is 8.79. The van der Waals surface area contributed by atoms with Crippen molar-refractivity contribution in [1.82, 2.24) is 9.88 Å². The van der Waals surface area contributed by atoms with Gasteiger partial charge in [-0.2, -0.15) is 0 Å². The molecule has 1 N–H and O–H groups in total. The van der Waals surface area contributed by atoms with E-state index in [9.17, 15) is 4.79 Å². The van der Waals surface area contributed by atoms with E-state index in [0.717, 1.165) is 28.9 Å². The molecule has 4 rings (SSSR count). The minimum Gasteiger partial charge on any atom is -0.455 e. The number of fused-ring (bicyclic) bond motifs is 1. The molecule has 2 aromatic carbocycles. The van der Waals surface area contributed by atoms with Crippen LogP contribution in [0.1, 0.15) is 35.2 Å². The molecule has 0 radical (unpaired) electrons. The van der Waals surface area contributed by atoms with Crippen LogP contribution in [0.3, 0.4) is 0 Å². The lowest BCUT2D eigenvalue weighted by molar-refractivity contribution is 0.402. The lowest BCUT2D eigenvalue weighted by Crippen LogP contribution is -2.12. The summed E-state index contributed by atoms with van der Waals surface area (Å²) in [5.74, 6) is 0.606. The van der Waals surface area contributed by atoms with Crippen molar-refractivity contribution in [2.45, 2.75) is 33.4 Å². The first-order chi connectivity index (χ1) is 15.7. The zero-order valence-electron chi connectivity index (χ0n) is 19.6. The van der Waals surface area contributed by atoms with E-state index >= 15 is 0 Å². The number of halogens is 1. The van der Waals surface area contributed by atoms with Gasteiger partial charge >= 0.3 is 0 Å². The molecule has 6 heteroatoms. The first-order valence-electron chi connectivity index (χ1n) is 10.9. The predicted octanol–water partition coefficient (Wildman–Crippen LogP) is 6.36. The maximum atomic E-state index is 13.3. The summed E-state index contributed by atoms with van der Waals surface area (Å²) in [5, 5.41) is 4.47. The number of aromatic nitrogens is 1. The Kier molecular flexibility index (Phi) is 6.54. The minimum atomic E-state index is -0.114. The largest absolute Gasteiger partial charge is 0.455 e. The molecule has 0 bridgehead atoms. The third-order valence-electron chi connectivity index (χ3n) is 5.68. The number of benzene rings is 2. The van der Waals surface area contributed by atoms with Gasteiger partial charge in [0.15, 0.2) is 5.43 Å². The van der Waals surface area contributed by atoms with Gasteiger partial charge in [0.1, 0.15) is 16.5 Å². The molecule has 0 unspecified atom stereocenters. The van der Waals surface area contributed by atoms with Gasteiger partial charge in [-0.05, 0) is 64.2 Å². The summed E-state index contributed by atoms with van der Waals surface area (Å²) < 4.78 is 6.46. The second kappa shape index (κ2) is 9.38. The molecule has 0 aliphatic rings. The second-order valence-corrected chi connectivity index (χ2v) is 9.17. The van der Waals surface area contributed by atoms with Crippen LogP contribution in [0.2, 0.25) is 5.15 Å². The average Bonchev–Trinajstić information content (AvgIpc) is 2.78. The van der Waals surface area contributed by atoms with Crippen LogP contribution < -0.4 is 10.7 Å². The molecule has 0 fully saturated rings. The minimum absolute atomic E-state index is 0.00562. The fourth-order valence-corrected chi connectivity index (χ4v) is 4.19. The highest BCUT2D eigenvalue weighted by atomic mass is 35.5. The number of rotatable bonds is 6. The lowest BCUT2D eigenvalue weighted by atomic mass is 9.98. The fraction of sp³-hybridized carbons (Fsp3) is 0.259. The number of pyridine rings is 1. The Morgan fingerprint density at radius 1 is 1.09 bits per heavy atom. The molecule has 5 nitrogen and oxygen atoms in total. The number of hydrogen-bond acceptors (Lipinski definition) is 5. The Balaban J connectivity index is 1.81. The van der Waals surface area contributed by atoms with Crippen molar-refractivity contribution in [2.24, 2.45) is 0 Å². The Morgan fingerprint density at radius 2 is 1.82 bits per heavy atom.